The first-order valence-electron chi connectivity index (χ1n) is 2.66. The summed E-state index contributed by atoms with van der Waals surface area (Å²) in [5.74, 6) is -0.0660. The van der Waals surface area contributed by atoms with E-state index in [1.165, 1.54) is 6.07 Å². The van der Waals surface area contributed by atoms with Gasteiger partial charge in [0.1, 0.15) is 11.9 Å². The minimum Gasteiger partial charge on any atom is -0.433 e. The second kappa shape index (κ2) is 3.48. The molecule has 1 rings (SSSR count). The van der Waals surface area contributed by atoms with Crippen LogP contribution in [0.2, 0.25) is 5.02 Å². The predicted octanol–water partition coefficient (Wildman–Crippen LogP) is 2.14. The smallest absolute Gasteiger partial charge is 0.387 e. The molecule has 0 aliphatic rings. The maximum Gasteiger partial charge on any atom is 0.387 e. The van der Waals surface area contributed by atoms with Crippen LogP contribution in [-0.2, 0) is 0 Å². The van der Waals surface area contributed by atoms with Crippen LogP contribution in [0.15, 0.2) is 12.3 Å². The first-order valence-corrected chi connectivity index (χ1v) is 3.04. The molecule has 0 saturated carbocycles. The summed E-state index contributed by atoms with van der Waals surface area (Å²) in [6.07, 6.45) is 3.44. The van der Waals surface area contributed by atoms with Crippen LogP contribution in [0.5, 0.6) is 5.75 Å². The van der Waals surface area contributed by atoms with E-state index in [1.54, 1.807) is 0 Å². The van der Waals surface area contributed by atoms with Crippen molar-refractivity contribution < 1.29 is 13.5 Å². The summed E-state index contributed by atoms with van der Waals surface area (Å²) < 4.78 is 27.1. The van der Waals surface area contributed by atoms with Gasteiger partial charge in [0.15, 0.2) is 0 Å². The molecule has 1 radical (unpaired) electrons. The van der Waals surface area contributed by atoms with Crippen molar-refractivity contribution in [3.63, 3.8) is 0 Å². The predicted molar refractivity (Wildman–Crippen MR) is 34.7 cm³/mol. The number of aromatic nitrogens is 1. The highest BCUT2D eigenvalue weighted by molar-refractivity contribution is 6.30. The van der Waals surface area contributed by atoms with Crippen LogP contribution in [0.25, 0.3) is 0 Å². The molecular formula is C6H3ClF2NO. The van der Waals surface area contributed by atoms with E-state index >= 15 is 0 Å². The molecule has 1 aromatic rings. The van der Waals surface area contributed by atoms with Crippen molar-refractivity contribution in [3.05, 3.63) is 23.5 Å². The Bertz CT molecular complexity index is 244. The summed E-state index contributed by atoms with van der Waals surface area (Å²) in [6, 6.07) is 1.21. The van der Waals surface area contributed by atoms with Crippen LogP contribution < -0.4 is 4.74 Å². The van der Waals surface area contributed by atoms with Gasteiger partial charge in [0.25, 0.3) is 0 Å². The SMILES string of the molecule is FC(F)Oc1cn[c]c(Cl)c1. The zero-order valence-electron chi connectivity index (χ0n) is 5.22. The van der Waals surface area contributed by atoms with Gasteiger partial charge in [-0.15, -0.1) is 0 Å². The minimum absolute atomic E-state index is 0.0660. The van der Waals surface area contributed by atoms with Gasteiger partial charge in [0, 0.05) is 6.07 Å². The van der Waals surface area contributed by atoms with E-state index in [1.807, 2.05) is 0 Å². The number of nitrogens with zero attached hydrogens (tertiary/aromatic N) is 1. The summed E-state index contributed by atoms with van der Waals surface area (Å²) in [6.45, 7) is -2.85. The molecule has 0 saturated heterocycles. The molecule has 0 bridgehead atoms. The van der Waals surface area contributed by atoms with E-state index in [0.717, 1.165) is 6.20 Å². The van der Waals surface area contributed by atoms with Crippen molar-refractivity contribution >= 4 is 11.6 Å². The fourth-order valence-corrected chi connectivity index (χ4v) is 0.676. The maximum absolute atomic E-state index is 11.5. The van der Waals surface area contributed by atoms with Gasteiger partial charge < -0.3 is 4.74 Å². The van der Waals surface area contributed by atoms with Crippen molar-refractivity contribution in [1.29, 1.82) is 0 Å². The molecule has 2 nitrogen and oxygen atoms in total. The Balaban J connectivity index is 2.71. The Morgan fingerprint density at radius 1 is 1.64 bits per heavy atom. The molecule has 0 aliphatic carbocycles. The Morgan fingerprint density at radius 2 is 2.36 bits per heavy atom. The van der Waals surface area contributed by atoms with Crippen molar-refractivity contribution in [3.8, 4) is 5.75 Å². The lowest BCUT2D eigenvalue weighted by Gasteiger charge is -2.01. The molecule has 0 atom stereocenters. The van der Waals surface area contributed by atoms with Crippen LogP contribution >= 0.6 is 11.6 Å². The molecule has 0 unspecified atom stereocenters. The van der Waals surface area contributed by atoms with E-state index < -0.39 is 6.61 Å². The standard InChI is InChI=1S/C6H3ClF2NO/c7-4-1-5(3-10-2-4)11-6(8)9/h1,3,6H. The van der Waals surface area contributed by atoms with Gasteiger partial charge in [0.2, 0.25) is 0 Å². The van der Waals surface area contributed by atoms with Crippen LogP contribution in [0.4, 0.5) is 8.78 Å². The summed E-state index contributed by atoms with van der Waals surface area (Å²) in [5, 5.41) is 0.142. The summed E-state index contributed by atoms with van der Waals surface area (Å²) in [7, 11) is 0. The van der Waals surface area contributed by atoms with E-state index in [4.69, 9.17) is 11.6 Å². The molecule has 0 aliphatic heterocycles. The Hall–Kier alpha value is -0.900. The van der Waals surface area contributed by atoms with Gasteiger partial charge in [-0.05, 0) is 0 Å². The Labute approximate surface area is 66.8 Å². The molecule has 0 spiro atoms. The third-order valence-electron chi connectivity index (χ3n) is 0.857. The number of halogens is 3. The summed E-state index contributed by atoms with van der Waals surface area (Å²) in [5.41, 5.74) is 0. The lowest BCUT2D eigenvalue weighted by atomic mass is 10.5. The van der Waals surface area contributed by atoms with Gasteiger partial charge in [-0.3, -0.25) is 0 Å². The van der Waals surface area contributed by atoms with Crippen molar-refractivity contribution in [2.45, 2.75) is 6.61 Å². The van der Waals surface area contributed by atoms with E-state index in [2.05, 4.69) is 15.9 Å². The third kappa shape index (κ3) is 2.67. The molecule has 0 amide bonds. The summed E-state index contributed by atoms with van der Waals surface area (Å²) >= 11 is 5.39. The second-order valence-corrected chi connectivity index (χ2v) is 2.05. The van der Waals surface area contributed by atoms with Gasteiger partial charge in [-0.25, -0.2) is 4.98 Å². The van der Waals surface area contributed by atoms with E-state index in [-0.39, 0.29) is 10.8 Å². The molecule has 0 fully saturated rings. The molecule has 5 heteroatoms. The highest BCUT2D eigenvalue weighted by Gasteiger charge is 2.03. The number of hydrogen-bond acceptors (Lipinski definition) is 2. The van der Waals surface area contributed by atoms with Crippen LogP contribution in [0.1, 0.15) is 0 Å². The van der Waals surface area contributed by atoms with Gasteiger partial charge in [-0.1, -0.05) is 11.6 Å². The van der Waals surface area contributed by atoms with Crippen molar-refractivity contribution in [2.24, 2.45) is 0 Å². The number of rotatable bonds is 2. The lowest BCUT2D eigenvalue weighted by Crippen LogP contribution is -2.01. The monoisotopic (exact) mass is 178 g/mol. The maximum atomic E-state index is 11.5. The van der Waals surface area contributed by atoms with Crippen LogP contribution in [0, 0.1) is 6.20 Å². The largest absolute Gasteiger partial charge is 0.433 e. The Morgan fingerprint density at radius 3 is 2.91 bits per heavy atom. The average Bonchev–Trinajstić information content (AvgIpc) is 1.85. The Kier molecular flexibility index (Phi) is 2.59. The number of alkyl halides is 2. The molecule has 1 heterocycles. The van der Waals surface area contributed by atoms with Crippen LogP contribution in [0.3, 0.4) is 0 Å². The lowest BCUT2D eigenvalue weighted by molar-refractivity contribution is -0.0500. The van der Waals surface area contributed by atoms with Gasteiger partial charge >= 0.3 is 6.61 Å². The quantitative estimate of drug-likeness (QED) is 0.692. The fraction of sp³-hybridized carbons (Fsp3) is 0.167. The van der Waals surface area contributed by atoms with Gasteiger partial charge in [-0.2, -0.15) is 8.78 Å². The topological polar surface area (TPSA) is 22.1 Å². The normalized spacial score (nSPS) is 10.2. The summed E-state index contributed by atoms with van der Waals surface area (Å²) in [4.78, 5) is 3.42. The van der Waals surface area contributed by atoms with Crippen LogP contribution in [-0.4, -0.2) is 11.6 Å². The third-order valence-corrected chi connectivity index (χ3v) is 1.05. The number of ether oxygens (including phenoxy) is 1. The zero-order chi connectivity index (χ0) is 8.27. The highest BCUT2D eigenvalue weighted by atomic mass is 35.5. The van der Waals surface area contributed by atoms with E-state index in [9.17, 15) is 8.78 Å². The van der Waals surface area contributed by atoms with E-state index in [0.29, 0.717) is 0 Å². The molecule has 0 N–H and O–H groups in total. The molecular weight excluding hydrogens is 176 g/mol. The fourth-order valence-electron chi connectivity index (χ4n) is 0.519. The zero-order valence-corrected chi connectivity index (χ0v) is 5.98. The second-order valence-electron chi connectivity index (χ2n) is 1.64. The molecule has 11 heavy (non-hydrogen) atoms. The van der Waals surface area contributed by atoms with Gasteiger partial charge in [0.05, 0.1) is 11.2 Å². The molecule has 1 aromatic heterocycles. The van der Waals surface area contributed by atoms with Crippen molar-refractivity contribution in [1.82, 2.24) is 4.98 Å². The molecule has 0 aromatic carbocycles. The first-order chi connectivity index (χ1) is 5.18. The minimum atomic E-state index is -2.85. The highest BCUT2D eigenvalue weighted by Crippen LogP contribution is 2.16. The molecule has 59 valence electrons. The average molecular weight is 179 g/mol. The first kappa shape index (κ1) is 8.20. The number of hydrogen-bond donors (Lipinski definition) is 0. The number of pyridine rings is 1. The van der Waals surface area contributed by atoms with Crippen molar-refractivity contribution in [2.75, 3.05) is 0 Å².